The highest BCUT2D eigenvalue weighted by Gasteiger charge is 2.24. The molecule has 20 heavy (non-hydrogen) atoms. The van der Waals surface area contributed by atoms with Crippen molar-refractivity contribution in [3.8, 4) is 0 Å². The summed E-state index contributed by atoms with van der Waals surface area (Å²) in [6, 6.07) is 10.7. The van der Waals surface area contributed by atoms with Gasteiger partial charge in [-0.3, -0.25) is 0 Å². The van der Waals surface area contributed by atoms with Crippen molar-refractivity contribution in [1.29, 1.82) is 0 Å². The first-order chi connectivity index (χ1) is 9.85. The van der Waals surface area contributed by atoms with Gasteiger partial charge in [0.25, 0.3) is 0 Å². The minimum atomic E-state index is 0.232. The third-order valence-corrected chi connectivity index (χ3v) is 3.71. The van der Waals surface area contributed by atoms with E-state index in [9.17, 15) is 0 Å². The monoisotopic (exact) mass is 271 g/mol. The van der Waals surface area contributed by atoms with Gasteiger partial charge in [0.1, 0.15) is 0 Å². The molecule has 4 heteroatoms. The highest BCUT2D eigenvalue weighted by Crippen LogP contribution is 2.31. The van der Waals surface area contributed by atoms with Crippen LogP contribution < -0.4 is 5.32 Å². The van der Waals surface area contributed by atoms with Crippen molar-refractivity contribution in [3.05, 3.63) is 47.6 Å². The van der Waals surface area contributed by atoms with Crippen molar-refractivity contribution < 1.29 is 4.52 Å². The van der Waals surface area contributed by atoms with E-state index in [1.54, 1.807) is 0 Å². The molecule has 1 heterocycles. The zero-order valence-electron chi connectivity index (χ0n) is 11.9. The zero-order valence-corrected chi connectivity index (χ0v) is 11.9. The van der Waals surface area contributed by atoms with Crippen LogP contribution in [-0.2, 0) is 12.8 Å². The third-order valence-electron chi connectivity index (χ3n) is 3.71. The average molecular weight is 271 g/mol. The van der Waals surface area contributed by atoms with Crippen molar-refractivity contribution in [2.45, 2.75) is 38.6 Å². The largest absolute Gasteiger partial charge is 0.339 e. The Kier molecular flexibility index (Phi) is 4.11. The molecule has 0 bridgehead atoms. The molecular weight excluding hydrogens is 250 g/mol. The molecule has 1 fully saturated rings. The summed E-state index contributed by atoms with van der Waals surface area (Å²) in [6.45, 7) is 3.03. The summed E-state index contributed by atoms with van der Waals surface area (Å²) < 4.78 is 5.39. The van der Waals surface area contributed by atoms with E-state index >= 15 is 0 Å². The molecule has 1 aliphatic rings. The molecule has 1 atom stereocenters. The highest BCUT2D eigenvalue weighted by atomic mass is 16.5. The topological polar surface area (TPSA) is 51.0 Å². The van der Waals surface area contributed by atoms with Crippen LogP contribution in [0.1, 0.15) is 43.1 Å². The number of nitrogens with zero attached hydrogens (tertiary/aromatic N) is 2. The lowest BCUT2D eigenvalue weighted by Gasteiger charge is -2.16. The van der Waals surface area contributed by atoms with Crippen molar-refractivity contribution in [2.24, 2.45) is 5.92 Å². The molecule has 3 rings (SSSR count). The van der Waals surface area contributed by atoms with Crippen LogP contribution in [-0.4, -0.2) is 16.7 Å². The number of hydrogen-bond acceptors (Lipinski definition) is 4. The average Bonchev–Trinajstić information content (AvgIpc) is 3.18. The molecule has 4 nitrogen and oxygen atoms in total. The Morgan fingerprint density at radius 2 is 2.10 bits per heavy atom. The van der Waals surface area contributed by atoms with Crippen LogP contribution in [0.4, 0.5) is 0 Å². The second-order valence-electron chi connectivity index (χ2n) is 5.48. The van der Waals surface area contributed by atoms with Crippen LogP contribution >= 0.6 is 0 Å². The first-order valence-corrected chi connectivity index (χ1v) is 7.45. The molecule has 0 saturated heterocycles. The molecule has 0 spiro atoms. The molecule has 1 N–H and O–H groups in total. The number of hydrogen-bond donors (Lipinski definition) is 1. The molecule has 1 aromatic carbocycles. The molecule has 106 valence electrons. The van der Waals surface area contributed by atoms with Gasteiger partial charge in [0.05, 0.1) is 0 Å². The fraction of sp³-hybridized carbons (Fsp3) is 0.500. The first-order valence-electron chi connectivity index (χ1n) is 7.45. The molecule has 0 aliphatic heterocycles. The normalized spacial score (nSPS) is 16.2. The fourth-order valence-electron chi connectivity index (χ4n) is 2.45. The van der Waals surface area contributed by atoms with E-state index in [1.807, 2.05) is 6.07 Å². The van der Waals surface area contributed by atoms with Gasteiger partial charge in [0.15, 0.2) is 5.82 Å². The third kappa shape index (κ3) is 3.45. The summed E-state index contributed by atoms with van der Waals surface area (Å²) in [6.07, 6.45) is 4.35. The van der Waals surface area contributed by atoms with E-state index in [0.717, 1.165) is 37.0 Å². The molecular formula is C16H21N3O. The quantitative estimate of drug-likeness (QED) is 0.841. The number of likely N-dealkylation sites (N-methyl/N-ethyl adjacent to an activating group) is 1. The van der Waals surface area contributed by atoms with Gasteiger partial charge in [-0.1, -0.05) is 42.4 Å². The van der Waals surface area contributed by atoms with Gasteiger partial charge in [-0.2, -0.15) is 4.98 Å². The summed E-state index contributed by atoms with van der Waals surface area (Å²) >= 11 is 0. The number of nitrogens with one attached hydrogen (secondary N) is 1. The smallest absolute Gasteiger partial charge is 0.228 e. The lowest BCUT2D eigenvalue weighted by Crippen LogP contribution is -2.23. The Hall–Kier alpha value is -1.68. The number of benzene rings is 1. The van der Waals surface area contributed by atoms with Crippen LogP contribution in [0.3, 0.4) is 0 Å². The van der Waals surface area contributed by atoms with Crippen molar-refractivity contribution in [3.63, 3.8) is 0 Å². The molecule has 1 unspecified atom stereocenters. The maximum absolute atomic E-state index is 5.39. The Morgan fingerprint density at radius 3 is 2.80 bits per heavy atom. The van der Waals surface area contributed by atoms with E-state index < -0.39 is 0 Å². The van der Waals surface area contributed by atoms with Crippen LogP contribution in [0, 0.1) is 5.92 Å². The van der Waals surface area contributed by atoms with Gasteiger partial charge in [-0.15, -0.1) is 0 Å². The van der Waals surface area contributed by atoms with E-state index in [2.05, 4.69) is 46.6 Å². The van der Waals surface area contributed by atoms with Gasteiger partial charge in [-0.25, -0.2) is 0 Å². The Labute approximate surface area is 119 Å². The van der Waals surface area contributed by atoms with E-state index in [0.29, 0.717) is 0 Å². The fourth-order valence-corrected chi connectivity index (χ4v) is 2.45. The minimum Gasteiger partial charge on any atom is -0.339 e. The molecule has 1 saturated carbocycles. The van der Waals surface area contributed by atoms with Gasteiger partial charge < -0.3 is 9.84 Å². The van der Waals surface area contributed by atoms with E-state index in [-0.39, 0.29) is 6.04 Å². The second kappa shape index (κ2) is 6.18. The summed E-state index contributed by atoms with van der Waals surface area (Å²) in [5, 5.41) is 7.57. The Morgan fingerprint density at radius 1 is 1.30 bits per heavy atom. The SMILES string of the molecule is CCNC(Cc1nc(CC2CC2)no1)c1ccccc1. The molecule has 1 aliphatic carbocycles. The highest BCUT2D eigenvalue weighted by molar-refractivity contribution is 5.19. The van der Waals surface area contributed by atoms with Gasteiger partial charge in [0.2, 0.25) is 5.89 Å². The van der Waals surface area contributed by atoms with Crippen molar-refractivity contribution >= 4 is 0 Å². The number of rotatable bonds is 7. The van der Waals surface area contributed by atoms with Gasteiger partial charge >= 0.3 is 0 Å². The van der Waals surface area contributed by atoms with Crippen molar-refractivity contribution in [1.82, 2.24) is 15.5 Å². The second-order valence-corrected chi connectivity index (χ2v) is 5.48. The van der Waals surface area contributed by atoms with E-state index in [1.165, 1.54) is 18.4 Å². The van der Waals surface area contributed by atoms with Crippen LogP contribution in [0.5, 0.6) is 0 Å². The van der Waals surface area contributed by atoms with Gasteiger partial charge in [-0.05, 0) is 30.9 Å². The van der Waals surface area contributed by atoms with Gasteiger partial charge in [0, 0.05) is 18.9 Å². The predicted molar refractivity (Wildman–Crippen MR) is 77.3 cm³/mol. The van der Waals surface area contributed by atoms with E-state index in [4.69, 9.17) is 4.52 Å². The van der Waals surface area contributed by atoms with Crippen LogP contribution in [0.15, 0.2) is 34.9 Å². The maximum atomic E-state index is 5.39. The predicted octanol–water partition coefficient (Wildman–Crippen LogP) is 2.92. The standard InChI is InChI=1S/C16H21N3O/c1-2-17-14(13-6-4-3-5-7-13)11-16-18-15(19-20-16)10-12-8-9-12/h3-7,12,14,17H,2,8-11H2,1H3. The van der Waals surface area contributed by atoms with Crippen molar-refractivity contribution in [2.75, 3.05) is 6.54 Å². The molecule has 1 aromatic heterocycles. The molecule has 0 amide bonds. The van der Waals surface area contributed by atoms with Crippen LogP contribution in [0.25, 0.3) is 0 Å². The lowest BCUT2D eigenvalue weighted by atomic mass is 10.0. The molecule has 2 aromatic rings. The zero-order chi connectivity index (χ0) is 13.8. The summed E-state index contributed by atoms with van der Waals surface area (Å²) in [7, 11) is 0. The first kappa shape index (κ1) is 13.3. The number of aromatic nitrogens is 2. The summed E-state index contributed by atoms with van der Waals surface area (Å²) in [4.78, 5) is 4.52. The Balaban J connectivity index is 1.67. The summed E-state index contributed by atoms with van der Waals surface area (Å²) in [5.74, 6) is 2.39. The summed E-state index contributed by atoms with van der Waals surface area (Å²) in [5.41, 5.74) is 1.26. The maximum Gasteiger partial charge on any atom is 0.228 e. The minimum absolute atomic E-state index is 0.232. The Bertz CT molecular complexity index is 534. The van der Waals surface area contributed by atoms with Crippen LogP contribution in [0.2, 0.25) is 0 Å². The lowest BCUT2D eigenvalue weighted by molar-refractivity contribution is 0.355. The molecule has 0 radical (unpaired) electrons.